The van der Waals surface area contributed by atoms with Gasteiger partial charge in [-0.15, -0.1) is 0 Å². The van der Waals surface area contributed by atoms with Gasteiger partial charge in [0.25, 0.3) is 0 Å². The lowest BCUT2D eigenvalue weighted by Gasteiger charge is -2.06. The van der Waals surface area contributed by atoms with Crippen LogP contribution < -0.4 is 9.47 Å². The number of aryl methyl sites for hydroxylation is 2. The summed E-state index contributed by atoms with van der Waals surface area (Å²) in [5, 5.41) is 9.50. The Bertz CT molecular complexity index is 1030. The molecule has 3 heteroatoms. The molecule has 0 saturated heterocycles. The van der Waals surface area contributed by atoms with Gasteiger partial charge in [0.15, 0.2) is 0 Å². The van der Waals surface area contributed by atoms with Crippen molar-refractivity contribution in [3.63, 3.8) is 0 Å². The topological polar surface area (TPSA) is 38.7 Å². The lowest BCUT2D eigenvalue weighted by molar-refractivity contribution is 0.452. The first-order chi connectivity index (χ1) is 14.1. The molecule has 0 atom stereocenters. The van der Waals surface area contributed by atoms with Gasteiger partial charge in [-0.2, -0.15) is 0 Å². The molecular weight excluding hydrogens is 360 g/mol. The predicted octanol–water partition coefficient (Wildman–Crippen LogP) is 7.28. The highest BCUT2D eigenvalue weighted by Crippen LogP contribution is 2.26. The van der Waals surface area contributed by atoms with Gasteiger partial charge < -0.3 is 14.6 Å². The molecule has 0 aliphatic carbocycles. The van der Waals surface area contributed by atoms with Crippen molar-refractivity contribution >= 4 is 0 Å². The quantitative estimate of drug-likeness (QED) is 0.402. The van der Waals surface area contributed by atoms with Crippen molar-refractivity contribution in [1.82, 2.24) is 0 Å². The van der Waals surface area contributed by atoms with Gasteiger partial charge in [0.1, 0.15) is 28.7 Å². The summed E-state index contributed by atoms with van der Waals surface area (Å²) in [7, 11) is 0. The lowest BCUT2D eigenvalue weighted by atomic mass is 10.2. The first-order valence-electron chi connectivity index (χ1n) is 9.42. The van der Waals surface area contributed by atoms with E-state index in [0.29, 0.717) is 5.75 Å². The Morgan fingerprint density at radius 3 is 1.55 bits per heavy atom. The van der Waals surface area contributed by atoms with Crippen molar-refractivity contribution in [2.24, 2.45) is 0 Å². The molecule has 0 amide bonds. The van der Waals surface area contributed by atoms with E-state index in [2.05, 4.69) is 13.0 Å². The van der Waals surface area contributed by atoms with E-state index in [9.17, 15) is 5.11 Å². The van der Waals surface area contributed by atoms with Crippen LogP contribution in [0.4, 0.5) is 0 Å². The van der Waals surface area contributed by atoms with Gasteiger partial charge >= 0.3 is 0 Å². The van der Waals surface area contributed by atoms with Crippen LogP contribution in [-0.4, -0.2) is 5.11 Å². The van der Waals surface area contributed by atoms with Crippen LogP contribution in [0.15, 0.2) is 103 Å². The molecule has 0 heterocycles. The maximum Gasteiger partial charge on any atom is 0.131 e. The lowest BCUT2D eigenvalue weighted by Crippen LogP contribution is -1.84. The number of phenols is 1. The molecule has 146 valence electrons. The number of hydrogen-bond donors (Lipinski definition) is 1. The molecular formula is C26H24O3. The van der Waals surface area contributed by atoms with Gasteiger partial charge in [-0.3, -0.25) is 0 Å². The minimum Gasteiger partial charge on any atom is -0.508 e. The summed E-state index contributed by atoms with van der Waals surface area (Å²) in [5.41, 5.74) is 2.05. The summed E-state index contributed by atoms with van der Waals surface area (Å²) < 4.78 is 11.2. The SMILES string of the molecule is Cc1ccc(Oc2ccccc2)cc1O.Cc1cccc(Oc2ccccc2)c1. The molecule has 1 N–H and O–H groups in total. The largest absolute Gasteiger partial charge is 0.508 e. The molecule has 0 aliphatic rings. The van der Waals surface area contributed by atoms with E-state index in [1.165, 1.54) is 5.56 Å². The summed E-state index contributed by atoms with van der Waals surface area (Å²) >= 11 is 0. The third-order valence-corrected chi connectivity index (χ3v) is 4.13. The molecule has 0 saturated carbocycles. The van der Waals surface area contributed by atoms with E-state index in [1.54, 1.807) is 6.07 Å². The smallest absolute Gasteiger partial charge is 0.131 e. The fourth-order valence-corrected chi connectivity index (χ4v) is 2.58. The number of hydrogen-bond acceptors (Lipinski definition) is 3. The van der Waals surface area contributed by atoms with E-state index in [-0.39, 0.29) is 5.75 Å². The van der Waals surface area contributed by atoms with Gasteiger partial charge in [0, 0.05) is 6.07 Å². The number of phenolic OH excluding ortho intramolecular Hbond substituents is 1. The minimum atomic E-state index is 0.253. The highest BCUT2D eigenvalue weighted by molar-refractivity contribution is 5.41. The van der Waals surface area contributed by atoms with Crippen LogP contribution in [0, 0.1) is 13.8 Å². The first-order valence-corrected chi connectivity index (χ1v) is 9.42. The second-order valence-corrected chi connectivity index (χ2v) is 6.60. The number of rotatable bonds is 4. The van der Waals surface area contributed by atoms with Gasteiger partial charge in [-0.05, 0) is 67.4 Å². The van der Waals surface area contributed by atoms with Gasteiger partial charge in [0.05, 0.1) is 0 Å². The van der Waals surface area contributed by atoms with Crippen molar-refractivity contribution in [2.45, 2.75) is 13.8 Å². The fourth-order valence-electron chi connectivity index (χ4n) is 2.58. The summed E-state index contributed by atoms with van der Waals surface area (Å²) in [5.74, 6) is 3.42. The van der Waals surface area contributed by atoms with Crippen molar-refractivity contribution in [3.8, 4) is 28.7 Å². The van der Waals surface area contributed by atoms with Gasteiger partial charge in [-0.1, -0.05) is 54.6 Å². The second kappa shape index (κ2) is 10.00. The zero-order valence-electron chi connectivity index (χ0n) is 16.6. The highest BCUT2D eigenvalue weighted by atomic mass is 16.5. The number of para-hydroxylation sites is 2. The maximum absolute atomic E-state index is 9.50. The van der Waals surface area contributed by atoms with Crippen LogP contribution in [0.3, 0.4) is 0 Å². The number of ether oxygens (including phenoxy) is 2. The summed E-state index contributed by atoms with van der Waals surface area (Å²) in [6.07, 6.45) is 0. The molecule has 0 aromatic heterocycles. The molecule has 3 nitrogen and oxygen atoms in total. The van der Waals surface area contributed by atoms with E-state index in [4.69, 9.17) is 9.47 Å². The van der Waals surface area contributed by atoms with Crippen molar-refractivity contribution in [2.75, 3.05) is 0 Å². The molecule has 0 radical (unpaired) electrons. The van der Waals surface area contributed by atoms with Crippen LogP contribution >= 0.6 is 0 Å². The molecule has 0 spiro atoms. The predicted molar refractivity (Wildman–Crippen MR) is 117 cm³/mol. The van der Waals surface area contributed by atoms with Gasteiger partial charge in [-0.25, -0.2) is 0 Å². The Morgan fingerprint density at radius 1 is 0.517 bits per heavy atom. The van der Waals surface area contributed by atoms with E-state index < -0.39 is 0 Å². The number of benzene rings is 4. The maximum atomic E-state index is 9.50. The van der Waals surface area contributed by atoms with Crippen LogP contribution in [0.1, 0.15) is 11.1 Å². The van der Waals surface area contributed by atoms with Crippen LogP contribution in [-0.2, 0) is 0 Å². The summed E-state index contributed by atoms with van der Waals surface area (Å²) in [4.78, 5) is 0. The van der Waals surface area contributed by atoms with Crippen molar-refractivity contribution in [3.05, 3.63) is 114 Å². The van der Waals surface area contributed by atoms with Crippen LogP contribution in [0.2, 0.25) is 0 Å². The third-order valence-electron chi connectivity index (χ3n) is 4.13. The van der Waals surface area contributed by atoms with E-state index >= 15 is 0 Å². The molecule has 4 aromatic rings. The normalized spacial score (nSPS) is 9.86. The van der Waals surface area contributed by atoms with Gasteiger partial charge in [0.2, 0.25) is 0 Å². The summed E-state index contributed by atoms with van der Waals surface area (Å²) in [6.45, 7) is 3.90. The molecule has 4 aromatic carbocycles. The molecule has 0 aliphatic heterocycles. The molecule has 4 rings (SSSR count). The van der Waals surface area contributed by atoms with Crippen LogP contribution in [0.5, 0.6) is 28.7 Å². The Morgan fingerprint density at radius 2 is 1.03 bits per heavy atom. The zero-order chi connectivity index (χ0) is 20.5. The molecule has 29 heavy (non-hydrogen) atoms. The fraction of sp³-hybridized carbons (Fsp3) is 0.0769. The highest BCUT2D eigenvalue weighted by Gasteiger charge is 2.00. The molecule has 0 unspecified atom stereocenters. The van der Waals surface area contributed by atoms with Crippen LogP contribution in [0.25, 0.3) is 0 Å². The Labute approximate surface area is 171 Å². The first kappa shape index (κ1) is 20.0. The zero-order valence-corrected chi connectivity index (χ0v) is 16.6. The Kier molecular flexibility index (Phi) is 6.90. The van der Waals surface area contributed by atoms with Crippen molar-refractivity contribution in [1.29, 1.82) is 0 Å². The third kappa shape index (κ3) is 6.43. The van der Waals surface area contributed by atoms with Crippen molar-refractivity contribution < 1.29 is 14.6 Å². The van der Waals surface area contributed by atoms with E-state index in [1.807, 2.05) is 97.9 Å². The second-order valence-electron chi connectivity index (χ2n) is 6.60. The average molecular weight is 384 g/mol. The Balaban J connectivity index is 0.000000166. The summed E-state index contributed by atoms with van der Waals surface area (Å²) in [6, 6.07) is 32.6. The molecule has 0 fully saturated rings. The minimum absolute atomic E-state index is 0.253. The monoisotopic (exact) mass is 384 g/mol. The van der Waals surface area contributed by atoms with E-state index in [0.717, 1.165) is 22.8 Å². The average Bonchev–Trinajstić information content (AvgIpc) is 2.73. The Hall–Kier alpha value is -3.72. The number of aromatic hydroxyl groups is 1. The molecule has 0 bridgehead atoms. The standard InChI is InChI=1S/C13H12O2.C13H12O/c1-10-7-8-12(9-13(10)14)15-11-5-3-2-4-6-11;1-11-6-5-9-13(10-11)14-12-7-3-2-4-8-12/h2-9,14H,1H3;2-10H,1H3.